The van der Waals surface area contributed by atoms with Crippen molar-refractivity contribution in [2.45, 2.75) is 26.2 Å². The lowest BCUT2D eigenvalue weighted by Crippen LogP contribution is -2.21. The van der Waals surface area contributed by atoms with E-state index < -0.39 is 11.9 Å². The number of Topliss-reactive ketones (excluding diaryl/α,β-unsaturated/α-hetero) is 1. The molecule has 2 rings (SSSR count). The van der Waals surface area contributed by atoms with E-state index in [1.165, 1.54) is 13.0 Å². The molecule has 0 aliphatic rings. The number of aliphatic carboxylic acids is 1. The van der Waals surface area contributed by atoms with Crippen LogP contribution in [0.4, 0.5) is 5.69 Å². The highest BCUT2D eigenvalue weighted by Gasteiger charge is 2.13. The third kappa shape index (κ3) is 7.56. The van der Waals surface area contributed by atoms with E-state index in [1.54, 1.807) is 42.5 Å². The molecule has 3 N–H and O–H groups in total. The summed E-state index contributed by atoms with van der Waals surface area (Å²) in [5.41, 5.74) is 0.310. The summed E-state index contributed by atoms with van der Waals surface area (Å²) in [6, 6.07) is 13.3. The Kier molecular flexibility index (Phi) is 8.83. The number of hydrogen-bond acceptors (Lipinski definition) is 6. The van der Waals surface area contributed by atoms with Gasteiger partial charge in [0.1, 0.15) is 23.0 Å². The number of carboxylic acid groups (broad SMARTS) is 1. The van der Waals surface area contributed by atoms with E-state index in [0.717, 1.165) is 0 Å². The monoisotopic (exact) mass is 415 g/mol. The fourth-order valence-electron chi connectivity index (χ4n) is 2.79. The maximum Gasteiger partial charge on any atom is 0.394 e. The number of anilines is 1. The van der Waals surface area contributed by atoms with Gasteiger partial charge >= 0.3 is 11.9 Å². The molecule has 2 aromatic carbocycles. The van der Waals surface area contributed by atoms with Crippen molar-refractivity contribution in [3.05, 3.63) is 48.5 Å². The van der Waals surface area contributed by atoms with Crippen LogP contribution >= 0.6 is 0 Å². The van der Waals surface area contributed by atoms with Crippen molar-refractivity contribution in [2.75, 3.05) is 18.5 Å². The highest BCUT2D eigenvalue weighted by molar-refractivity contribution is 6.36. The minimum Gasteiger partial charge on any atom is -0.494 e. The van der Waals surface area contributed by atoms with Crippen LogP contribution in [0, 0.1) is 5.92 Å². The maximum atomic E-state index is 11.5. The first-order valence-corrected chi connectivity index (χ1v) is 9.55. The quantitative estimate of drug-likeness (QED) is 0.380. The van der Waals surface area contributed by atoms with Crippen LogP contribution in [0.5, 0.6) is 17.2 Å². The predicted molar refractivity (Wildman–Crippen MR) is 110 cm³/mol. The molecule has 0 aromatic heterocycles. The summed E-state index contributed by atoms with van der Waals surface area (Å²) in [5, 5.41) is 19.9. The van der Waals surface area contributed by atoms with Crippen LogP contribution in [0.15, 0.2) is 48.5 Å². The van der Waals surface area contributed by atoms with Crippen molar-refractivity contribution in [3.63, 3.8) is 0 Å². The topological polar surface area (TPSA) is 122 Å². The van der Waals surface area contributed by atoms with E-state index in [2.05, 4.69) is 5.32 Å². The minimum atomic E-state index is -1.57. The second-order valence-corrected chi connectivity index (χ2v) is 6.67. The number of benzene rings is 2. The highest BCUT2D eigenvalue weighted by Crippen LogP contribution is 2.26. The average Bonchev–Trinajstić information content (AvgIpc) is 2.71. The van der Waals surface area contributed by atoms with Crippen molar-refractivity contribution in [3.8, 4) is 17.2 Å². The number of nitrogens with one attached hydrogen (secondary N) is 1. The van der Waals surface area contributed by atoms with Crippen molar-refractivity contribution in [1.82, 2.24) is 0 Å². The number of carboxylic acids is 1. The standard InChI is InChI=1S/C22H25NO7/c1-15(25)16(11-12-24)4-3-13-29-18-7-9-19(10-8-18)30-20-6-2-5-17(14-20)23-21(26)22(27)28/h2,5-10,14,16,24H,3-4,11-13H2,1H3,(H,23,26)(H,27,28). The molecular weight excluding hydrogens is 390 g/mol. The zero-order chi connectivity index (χ0) is 21.9. The molecule has 1 amide bonds. The molecule has 0 heterocycles. The largest absolute Gasteiger partial charge is 0.494 e. The third-order valence-corrected chi connectivity index (χ3v) is 4.36. The molecule has 0 saturated carbocycles. The Labute approximate surface area is 174 Å². The number of carbonyl (C=O) groups excluding carboxylic acids is 2. The number of rotatable bonds is 11. The number of carbonyl (C=O) groups is 3. The molecule has 0 fully saturated rings. The zero-order valence-corrected chi connectivity index (χ0v) is 16.7. The first kappa shape index (κ1) is 22.9. The molecule has 160 valence electrons. The Morgan fingerprint density at radius 3 is 2.33 bits per heavy atom. The summed E-state index contributed by atoms with van der Waals surface area (Å²) >= 11 is 0. The van der Waals surface area contributed by atoms with E-state index in [-0.39, 0.29) is 18.3 Å². The minimum absolute atomic E-state index is 0.00139. The summed E-state index contributed by atoms with van der Waals surface area (Å²) < 4.78 is 11.4. The Morgan fingerprint density at radius 2 is 1.70 bits per heavy atom. The van der Waals surface area contributed by atoms with Gasteiger partial charge in [-0.3, -0.25) is 9.59 Å². The average molecular weight is 415 g/mol. The van der Waals surface area contributed by atoms with Gasteiger partial charge in [0.05, 0.1) is 6.61 Å². The molecule has 0 spiro atoms. The Bertz CT molecular complexity index is 864. The van der Waals surface area contributed by atoms with Crippen molar-refractivity contribution in [1.29, 1.82) is 0 Å². The third-order valence-electron chi connectivity index (χ3n) is 4.36. The van der Waals surface area contributed by atoms with Gasteiger partial charge in [0, 0.05) is 24.3 Å². The molecule has 2 aromatic rings. The molecule has 8 heteroatoms. The van der Waals surface area contributed by atoms with E-state index in [0.29, 0.717) is 48.8 Å². The zero-order valence-electron chi connectivity index (χ0n) is 16.7. The number of ether oxygens (including phenoxy) is 2. The van der Waals surface area contributed by atoms with Gasteiger partial charge in [0.15, 0.2) is 0 Å². The summed E-state index contributed by atoms with van der Waals surface area (Å²) in [7, 11) is 0. The molecule has 0 aliphatic heterocycles. The number of ketones is 1. The smallest absolute Gasteiger partial charge is 0.394 e. The first-order valence-electron chi connectivity index (χ1n) is 9.55. The molecule has 0 radical (unpaired) electrons. The Morgan fingerprint density at radius 1 is 1.00 bits per heavy atom. The van der Waals surface area contributed by atoms with E-state index in [1.807, 2.05) is 0 Å². The van der Waals surface area contributed by atoms with Crippen molar-refractivity contribution >= 4 is 23.3 Å². The van der Waals surface area contributed by atoms with E-state index >= 15 is 0 Å². The molecule has 0 bridgehead atoms. The normalized spacial score (nSPS) is 11.4. The molecule has 1 atom stereocenters. The van der Waals surface area contributed by atoms with Gasteiger partial charge in [-0.2, -0.15) is 0 Å². The second-order valence-electron chi connectivity index (χ2n) is 6.67. The lowest BCUT2D eigenvalue weighted by Gasteiger charge is -2.13. The fraction of sp³-hybridized carbons (Fsp3) is 0.318. The first-order chi connectivity index (χ1) is 14.4. The number of amides is 1. The molecule has 0 aliphatic carbocycles. The fourth-order valence-corrected chi connectivity index (χ4v) is 2.79. The van der Waals surface area contributed by atoms with Gasteiger partial charge in [-0.25, -0.2) is 4.79 Å². The van der Waals surface area contributed by atoms with E-state index in [4.69, 9.17) is 19.7 Å². The number of aliphatic hydroxyl groups is 1. The van der Waals surface area contributed by atoms with Crippen LogP contribution in [0.1, 0.15) is 26.2 Å². The summed E-state index contributed by atoms with van der Waals surface area (Å²) in [6.07, 6.45) is 1.85. The lowest BCUT2D eigenvalue weighted by molar-refractivity contribution is -0.147. The van der Waals surface area contributed by atoms with Gasteiger partial charge in [0.25, 0.3) is 0 Å². The molecule has 8 nitrogen and oxygen atoms in total. The van der Waals surface area contributed by atoms with Gasteiger partial charge in [-0.05, 0) is 62.6 Å². The summed E-state index contributed by atoms with van der Waals surface area (Å²) in [4.78, 5) is 33.3. The van der Waals surface area contributed by atoms with Crippen LogP contribution in [0.2, 0.25) is 0 Å². The summed E-state index contributed by atoms with van der Waals surface area (Å²) in [5.74, 6) is -1.11. The predicted octanol–water partition coefficient (Wildman–Crippen LogP) is 3.25. The molecule has 30 heavy (non-hydrogen) atoms. The highest BCUT2D eigenvalue weighted by atomic mass is 16.5. The Hall–Kier alpha value is -3.39. The summed E-state index contributed by atoms with van der Waals surface area (Å²) in [6.45, 7) is 2.00. The molecule has 1 unspecified atom stereocenters. The molecule has 0 saturated heterocycles. The molecular formula is C22H25NO7. The second kappa shape index (κ2) is 11.6. The van der Waals surface area contributed by atoms with Crippen LogP contribution < -0.4 is 14.8 Å². The number of hydrogen-bond donors (Lipinski definition) is 3. The maximum absolute atomic E-state index is 11.5. The van der Waals surface area contributed by atoms with Crippen LogP contribution in [0.25, 0.3) is 0 Å². The van der Waals surface area contributed by atoms with Crippen LogP contribution in [0.3, 0.4) is 0 Å². The number of aliphatic hydroxyl groups excluding tert-OH is 1. The van der Waals surface area contributed by atoms with Gasteiger partial charge in [0.2, 0.25) is 0 Å². The van der Waals surface area contributed by atoms with Gasteiger partial charge < -0.3 is 25.0 Å². The van der Waals surface area contributed by atoms with Crippen LogP contribution in [-0.4, -0.2) is 41.1 Å². The van der Waals surface area contributed by atoms with Gasteiger partial charge in [-0.1, -0.05) is 6.07 Å². The van der Waals surface area contributed by atoms with E-state index in [9.17, 15) is 14.4 Å². The Balaban J connectivity index is 1.84. The SMILES string of the molecule is CC(=O)C(CCO)CCCOc1ccc(Oc2cccc(NC(=O)C(=O)O)c2)cc1. The lowest BCUT2D eigenvalue weighted by atomic mass is 9.96. The van der Waals surface area contributed by atoms with Crippen molar-refractivity contribution < 1.29 is 34.1 Å². The van der Waals surface area contributed by atoms with Crippen LogP contribution in [-0.2, 0) is 14.4 Å². The van der Waals surface area contributed by atoms with Gasteiger partial charge in [-0.15, -0.1) is 0 Å². The van der Waals surface area contributed by atoms with Crippen molar-refractivity contribution in [2.24, 2.45) is 5.92 Å².